The van der Waals surface area contributed by atoms with Crippen LogP contribution in [-0.2, 0) is 0 Å². The van der Waals surface area contributed by atoms with E-state index in [4.69, 9.17) is 0 Å². The summed E-state index contributed by atoms with van der Waals surface area (Å²) in [5.74, 6) is 0. The molecule has 0 bridgehead atoms. The topological polar surface area (TPSA) is 12.9 Å². The summed E-state index contributed by atoms with van der Waals surface area (Å²) >= 11 is 1.67. The number of aryl methyl sites for hydroxylation is 1. The first-order valence-corrected chi connectivity index (χ1v) is 3.53. The van der Waals surface area contributed by atoms with Gasteiger partial charge in [-0.1, -0.05) is 6.08 Å². The van der Waals surface area contributed by atoms with Crippen LogP contribution in [0.3, 0.4) is 0 Å². The number of allylic oxidation sites excluding steroid dienone is 1. The molecule has 1 nitrogen and oxygen atoms in total. The van der Waals surface area contributed by atoms with Gasteiger partial charge in [0.25, 0.3) is 0 Å². The monoisotopic (exact) mass is 138 g/mol. The van der Waals surface area contributed by atoms with E-state index < -0.39 is 0 Å². The van der Waals surface area contributed by atoms with Crippen molar-refractivity contribution in [2.45, 2.75) is 6.92 Å². The van der Waals surface area contributed by atoms with Crippen LogP contribution in [0.25, 0.3) is 0 Å². The average Bonchev–Trinajstić information content (AvgIpc) is 2.17. The van der Waals surface area contributed by atoms with E-state index in [0.717, 1.165) is 5.01 Å². The van der Waals surface area contributed by atoms with Crippen LogP contribution in [0.1, 0.15) is 9.88 Å². The first-order valence-electron chi connectivity index (χ1n) is 2.71. The van der Waals surface area contributed by atoms with Crippen molar-refractivity contribution in [3.63, 3.8) is 0 Å². The maximum Gasteiger partial charge on any atom is 0.0896 e. The molecule has 9 heavy (non-hydrogen) atoms. The van der Waals surface area contributed by atoms with Crippen LogP contribution in [0.2, 0.25) is 0 Å². The molecular weight excluding hydrogens is 130 g/mol. The molecule has 0 fully saturated rings. The van der Waals surface area contributed by atoms with Crippen molar-refractivity contribution in [3.8, 4) is 0 Å². The average molecular weight is 138 g/mol. The minimum atomic E-state index is 1.10. The minimum Gasteiger partial charge on any atom is -0.250 e. The predicted molar refractivity (Wildman–Crippen MR) is 40.5 cm³/mol. The fraction of sp³-hybridized carbons (Fsp3) is 0.143. The summed E-state index contributed by atoms with van der Waals surface area (Å²) in [5.41, 5.74) is 0. The van der Waals surface area contributed by atoms with Gasteiger partial charge in [0.1, 0.15) is 0 Å². The Bertz CT molecular complexity index is 202. The third kappa shape index (κ3) is 1.64. The lowest BCUT2D eigenvalue weighted by Crippen LogP contribution is -1.63. The Morgan fingerprint density at radius 3 is 3.00 bits per heavy atom. The molecule has 0 aliphatic carbocycles. The minimum absolute atomic E-state index is 1.10. The van der Waals surface area contributed by atoms with Gasteiger partial charge in [0, 0.05) is 17.5 Å². The fourth-order valence-electron chi connectivity index (χ4n) is 0.571. The molecule has 0 aliphatic heterocycles. The molecule has 0 spiro atoms. The third-order valence-corrected chi connectivity index (χ3v) is 1.80. The normalized spacial score (nSPS) is 9.44. The summed E-state index contributed by atoms with van der Waals surface area (Å²) in [4.78, 5) is 5.24. The fourth-order valence-corrected chi connectivity index (χ4v) is 1.29. The number of aromatic nitrogens is 1. The standard InChI is InChI=1S/C7H8NS/c1-3-4-7-5-8-6(2)9-7/h3-5H,1H2,2H3. The Hall–Kier alpha value is -0.630. The van der Waals surface area contributed by atoms with Crippen LogP contribution in [0.15, 0.2) is 18.9 Å². The highest BCUT2D eigenvalue weighted by atomic mass is 32.1. The third-order valence-electron chi connectivity index (χ3n) is 0.921. The Balaban J connectivity index is 2.72. The zero-order valence-corrected chi connectivity index (χ0v) is 6.11. The first-order chi connectivity index (χ1) is 4.33. The van der Waals surface area contributed by atoms with Crippen molar-refractivity contribution < 1.29 is 0 Å². The van der Waals surface area contributed by atoms with E-state index in [9.17, 15) is 0 Å². The summed E-state index contributed by atoms with van der Waals surface area (Å²) in [7, 11) is 0. The van der Waals surface area contributed by atoms with Crippen LogP contribution in [0, 0.1) is 13.3 Å². The van der Waals surface area contributed by atoms with Crippen LogP contribution in [0.5, 0.6) is 0 Å². The molecule has 0 N–H and O–H groups in total. The summed E-state index contributed by atoms with van der Waals surface area (Å²) in [6, 6.07) is 0. The molecule has 0 saturated heterocycles. The summed E-state index contributed by atoms with van der Waals surface area (Å²) in [6.45, 7) is 5.58. The Labute approximate surface area is 59.1 Å². The number of nitrogens with zero attached hydrogens (tertiary/aromatic N) is 1. The van der Waals surface area contributed by atoms with Gasteiger partial charge in [-0.05, 0) is 6.92 Å². The van der Waals surface area contributed by atoms with Crippen LogP contribution in [-0.4, -0.2) is 4.98 Å². The van der Waals surface area contributed by atoms with E-state index in [0.29, 0.717) is 0 Å². The molecule has 1 radical (unpaired) electrons. The highest BCUT2D eigenvalue weighted by Crippen LogP contribution is 2.12. The summed E-state index contributed by atoms with van der Waals surface area (Å²) in [5, 5.41) is 1.10. The lowest BCUT2D eigenvalue weighted by molar-refractivity contribution is 1.29. The van der Waals surface area contributed by atoms with Crippen molar-refractivity contribution in [1.29, 1.82) is 0 Å². The zero-order chi connectivity index (χ0) is 6.69. The molecule has 1 rings (SSSR count). The maximum atomic E-state index is 4.07. The molecule has 0 aromatic carbocycles. The molecule has 0 aliphatic rings. The second-order valence-corrected chi connectivity index (χ2v) is 2.95. The Morgan fingerprint density at radius 2 is 2.56 bits per heavy atom. The van der Waals surface area contributed by atoms with E-state index in [1.54, 1.807) is 17.4 Å². The highest BCUT2D eigenvalue weighted by Gasteiger charge is 1.92. The van der Waals surface area contributed by atoms with Crippen LogP contribution >= 0.6 is 11.3 Å². The molecule has 1 heterocycles. The number of thiazole rings is 1. The van der Waals surface area contributed by atoms with Gasteiger partial charge in [-0.2, -0.15) is 0 Å². The van der Waals surface area contributed by atoms with E-state index in [1.807, 2.05) is 19.5 Å². The largest absolute Gasteiger partial charge is 0.250 e. The molecule has 47 valence electrons. The molecule has 0 amide bonds. The van der Waals surface area contributed by atoms with Gasteiger partial charge in [0.05, 0.1) is 5.01 Å². The van der Waals surface area contributed by atoms with Gasteiger partial charge in [0.15, 0.2) is 0 Å². The van der Waals surface area contributed by atoms with Crippen LogP contribution < -0.4 is 0 Å². The van der Waals surface area contributed by atoms with Crippen molar-refractivity contribution in [3.05, 3.63) is 35.2 Å². The zero-order valence-electron chi connectivity index (χ0n) is 5.29. The summed E-state index contributed by atoms with van der Waals surface area (Å²) in [6.07, 6.45) is 5.57. The van der Waals surface area contributed by atoms with Crippen LogP contribution in [0.4, 0.5) is 0 Å². The second-order valence-electron chi connectivity index (χ2n) is 1.68. The molecule has 2 heteroatoms. The Kier molecular flexibility index (Phi) is 2.01. The number of hydrogen-bond donors (Lipinski definition) is 0. The lowest BCUT2D eigenvalue weighted by atomic mass is 10.4. The van der Waals surface area contributed by atoms with Gasteiger partial charge in [-0.25, -0.2) is 4.98 Å². The quantitative estimate of drug-likeness (QED) is 0.610. The maximum absolute atomic E-state index is 4.07. The molecular formula is C7H8NS. The van der Waals surface area contributed by atoms with Gasteiger partial charge in [-0.3, -0.25) is 0 Å². The molecule has 1 aromatic heterocycles. The number of hydrogen-bond acceptors (Lipinski definition) is 2. The van der Waals surface area contributed by atoms with E-state index in [2.05, 4.69) is 11.6 Å². The number of rotatable bonds is 2. The molecule has 0 saturated carbocycles. The van der Waals surface area contributed by atoms with E-state index in [-0.39, 0.29) is 0 Å². The second kappa shape index (κ2) is 2.78. The molecule has 0 unspecified atom stereocenters. The van der Waals surface area contributed by atoms with Crippen molar-refractivity contribution in [2.75, 3.05) is 0 Å². The van der Waals surface area contributed by atoms with Gasteiger partial charge in [-0.15, -0.1) is 17.9 Å². The molecule has 1 aromatic rings. The van der Waals surface area contributed by atoms with Crippen molar-refractivity contribution >= 4 is 11.3 Å². The van der Waals surface area contributed by atoms with Crippen molar-refractivity contribution in [1.82, 2.24) is 4.98 Å². The summed E-state index contributed by atoms with van der Waals surface area (Å²) < 4.78 is 0. The Morgan fingerprint density at radius 1 is 1.78 bits per heavy atom. The highest BCUT2D eigenvalue weighted by molar-refractivity contribution is 7.11. The van der Waals surface area contributed by atoms with Crippen molar-refractivity contribution in [2.24, 2.45) is 0 Å². The first kappa shape index (κ1) is 6.49. The van der Waals surface area contributed by atoms with Gasteiger partial charge in [0.2, 0.25) is 0 Å². The molecule has 0 atom stereocenters. The SMILES string of the molecule is C=C[CH]c1cnc(C)s1. The van der Waals surface area contributed by atoms with Gasteiger partial charge >= 0.3 is 0 Å². The van der Waals surface area contributed by atoms with Gasteiger partial charge < -0.3 is 0 Å². The lowest BCUT2D eigenvalue weighted by Gasteiger charge is -1.80. The predicted octanol–water partition coefficient (Wildman–Crippen LogP) is 2.19. The smallest absolute Gasteiger partial charge is 0.0896 e. The van der Waals surface area contributed by atoms with E-state index >= 15 is 0 Å². The van der Waals surface area contributed by atoms with E-state index in [1.165, 1.54) is 4.88 Å².